The highest BCUT2D eigenvalue weighted by molar-refractivity contribution is 5.69. The van der Waals surface area contributed by atoms with Gasteiger partial charge in [-0.15, -0.1) is 0 Å². The SMILES string of the molecule is CCC(=O)O[C@H]1[C@@H]([N+]2(C)CCCCC2)CC2C3CC[C@H]4C[C@H](OC(C)=O)[C@@H](N5CCCCC5)C[C@]4(C)C3CC[C@@]21C. The van der Waals surface area contributed by atoms with Gasteiger partial charge in [0.25, 0.3) is 0 Å². The Kier molecular flexibility index (Phi) is 8.33. The van der Waals surface area contributed by atoms with Crippen molar-refractivity contribution in [2.45, 2.75) is 142 Å². The van der Waals surface area contributed by atoms with Crippen molar-refractivity contribution in [1.29, 1.82) is 0 Å². The van der Waals surface area contributed by atoms with Crippen LogP contribution in [0.1, 0.15) is 118 Å². The summed E-state index contributed by atoms with van der Waals surface area (Å²) in [4.78, 5) is 27.8. The van der Waals surface area contributed by atoms with E-state index in [4.69, 9.17) is 9.47 Å². The maximum atomic E-state index is 12.9. The van der Waals surface area contributed by atoms with E-state index in [-0.39, 0.29) is 29.6 Å². The Balaban J connectivity index is 1.29. The van der Waals surface area contributed by atoms with Crippen molar-refractivity contribution in [2.24, 2.45) is 34.5 Å². The minimum absolute atomic E-state index is 0.00329. The zero-order valence-corrected chi connectivity index (χ0v) is 26.9. The molecule has 0 aromatic carbocycles. The number of likely N-dealkylation sites (N-methyl/N-ethyl adjacent to an activating group) is 1. The molecule has 0 radical (unpaired) electrons. The van der Waals surface area contributed by atoms with E-state index in [1.165, 1.54) is 90.1 Å². The molecule has 2 heterocycles. The Morgan fingerprint density at radius 1 is 0.878 bits per heavy atom. The van der Waals surface area contributed by atoms with E-state index in [1.54, 1.807) is 6.92 Å². The first-order valence-corrected chi connectivity index (χ1v) is 17.5. The Morgan fingerprint density at radius 2 is 1.59 bits per heavy atom. The van der Waals surface area contributed by atoms with Gasteiger partial charge in [0.1, 0.15) is 12.1 Å². The van der Waals surface area contributed by atoms with Crippen molar-refractivity contribution in [1.82, 2.24) is 4.90 Å². The Labute approximate surface area is 249 Å². The number of rotatable bonds is 5. The lowest BCUT2D eigenvalue weighted by molar-refractivity contribution is -0.940. The third-order valence-electron chi connectivity index (χ3n) is 14.0. The number of likely N-dealkylation sites (tertiary alicyclic amines) is 2. The molecule has 4 saturated carbocycles. The van der Waals surface area contributed by atoms with Crippen LogP contribution in [-0.2, 0) is 19.1 Å². The van der Waals surface area contributed by atoms with Gasteiger partial charge in [-0.3, -0.25) is 14.5 Å². The molecule has 0 aromatic heterocycles. The van der Waals surface area contributed by atoms with Gasteiger partial charge in [-0.25, -0.2) is 0 Å². The van der Waals surface area contributed by atoms with E-state index in [2.05, 4.69) is 25.8 Å². The summed E-state index contributed by atoms with van der Waals surface area (Å²) in [6, 6.07) is 0.797. The average Bonchev–Trinajstić information content (AvgIpc) is 3.26. The number of fused-ring (bicyclic) bond motifs is 5. The first-order valence-electron chi connectivity index (χ1n) is 17.5. The molecule has 2 saturated heterocycles. The fourth-order valence-corrected chi connectivity index (χ4v) is 11.8. The summed E-state index contributed by atoms with van der Waals surface area (Å²) >= 11 is 0. The van der Waals surface area contributed by atoms with E-state index < -0.39 is 0 Å². The van der Waals surface area contributed by atoms with Crippen molar-refractivity contribution in [3.8, 4) is 0 Å². The number of carbonyl (C=O) groups is 2. The van der Waals surface area contributed by atoms with Crippen LogP contribution < -0.4 is 0 Å². The second-order valence-electron chi connectivity index (χ2n) is 16.0. The minimum Gasteiger partial charge on any atom is -0.461 e. The van der Waals surface area contributed by atoms with Crippen LogP contribution in [0.2, 0.25) is 0 Å². The zero-order chi connectivity index (χ0) is 29.0. The summed E-state index contributed by atoms with van der Waals surface area (Å²) < 4.78 is 13.7. The third kappa shape index (κ3) is 5.19. The van der Waals surface area contributed by atoms with Crippen LogP contribution in [0.15, 0.2) is 0 Å². The molecule has 10 atom stereocenters. The molecule has 0 aromatic rings. The molecule has 2 aliphatic heterocycles. The summed E-state index contributed by atoms with van der Waals surface area (Å²) in [5.41, 5.74) is 0.375. The lowest BCUT2D eigenvalue weighted by atomic mass is 9.44. The van der Waals surface area contributed by atoms with Crippen molar-refractivity contribution in [3.05, 3.63) is 0 Å². The molecule has 4 aliphatic carbocycles. The fourth-order valence-electron chi connectivity index (χ4n) is 11.8. The second kappa shape index (κ2) is 11.4. The van der Waals surface area contributed by atoms with Crippen molar-refractivity contribution in [3.63, 3.8) is 0 Å². The van der Waals surface area contributed by atoms with E-state index >= 15 is 0 Å². The largest absolute Gasteiger partial charge is 0.461 e. The summed E-state index contributed by atoms with van der Waals surface area (Å²) in [6.45, 7) is 13.5. The van der Waals surface area contributed by atoms with Crippen LogP contribution in [0.3, 0.4) is 0 Å². The number of quaternary nitrogens is 1. The zero-order valence-electron chi connectivity index (χ0n) is 26.9. The van der Waals surface area contributed by atoms with Gasteiger partial charge in [-0.1, -0.05) is 27.2 Å². The Morgan fingerprint density at radius 3 is 2.27 bits per heavy atom. The number of piperidine rings is 2. The van der Waals surface area contributed by atoms with Crippen LogP contribution in [0.5, 0.6) is 0 Å². The van der Waals surface area contributed by atoms with Gasteiger partial charge < -0.3 is 14.0 Å². The van der Waals surface area contributed by atoms with Crippen LogP contribution >= 0.6 is 0 Å². The predicted octanol–water partition coefficient (Wildman–Crippen LogP) is 6.36. The van der Waals surface area contributed by atoms with Gasteiger partial charge in [-0.05, 0) is 113 Å². The number of esters is 2. The first-order chi connectivity index (χ1) is 19.6. The Hall–Kier alpha value is -1.14. The fraction of sp³-hybridized carbons (Fsp3) is 0.943. The summed E-state index contributed by atoms with van der Waals surface area (Å²) in [7, 11) is 2.48. The van der Waals surface area contributed by atoms with Gasteiger partial charge in [-0.2, -0.15) is 0 Å². The molecule has 6 nitrogen and oxygen atoms in total. The average molecular weight is 572 g/mol. The molecular formula is C35H59N2O4+. The number of hydrogen-bond acceptors (Lipinski definition) is 5. The molecule has 3 unspecified atom stereocenters. The van der Waals surface area contributed by atoms with Gasteiger partial charge >= 0.3 is 11.9 Å². The quantitative estimate of drug-likeness (QED) is 0.284. The predicted molar refractivity (Wildman–Crippen MR) is 161 cm³/mol. The van der Waals surface area contributed by atoms with Gasteiger partial charge in [0.05, 0.1) is 20.1 Å². The smallest absolute Gasteiger partial charge is 0.306 e. The monoisotopic (exact) mass is 571 g/mol. The number of carbonyl (C=O) groups excluding carboxylic acids is 2. The lowest BCUT2D eigenvalue weighted by Crippen LogP contribution is -2.61. The molecule has 6 aliphatic rings. The minimum atomic E-state index is -0.110. The molecule has 0 amide bonds. The van der Waals surface area contributed by atoms with Crippen LogP contribution in [0.4, 0.5) is 0 Å². The van der Waals surface area contributed by atoms with Crippen LogP contribution in [-0.4, -0.2) is 78.8 Å². The normalized spacial score (nSPS) is 46.1. The van der Waals surface area contributed by atoms with Gasteiger partial charge in [0.2, 0.25) is 0 Å². The van der Waals surface area contributed by atoms with E-state index in [0.29, 0.717) is 41.7 Å². The van der Waals surface area contributed by atoms with Crippen molar-refractivity contribution in [2.75, 3.05) is 33.2 Å². The van der Waals surface area contributed by atoms with E-state index in [1.807, 2.05) is 6.92 Å². The topological polar surface area (TPSA) is 55.8 Å². The standard InChI is InChI=1S/C35H59N2O4/c1-6-32(39)41-33-30(37(5)19-11-8-12-20-37)22-28-26-14-13-25-21-31(40-24(2)38)29(36-17-9-7-10-18-36)23-35(25,4)27(26)15-16-34(28,33)3/h25-31,33H,6-23H2,1-5H3/q+1/t25-,26?,27?,28?,29-,30-,31-,33-,34-,35-/m0/s1. The molecule has 0 bridgehead atoms. The highest BCUT2D eigenvalue weighted by Gasteiger charge is 2.67. The highest BCUT2D eigenvalue weighted by Crippen LogP contribution is 2.67. The lowest BCUT2D eigenvalue weighted by Gasteiger charge is -2.62. The maximum Gasteiger partial charge on any atom is 0.306 e. The van der Waals surface area contributed by atoms with Crippen molar-refractivity contribution >= 4 is 11.9 Å². The van der Waals surface area contributed by atoms with E-state index in [9.17, 15) is 9.59 Å². The van der Waals surface area contributed by atoms with Crippen LogP contribution in [0.25, 0.3) is 0 Å². The maximum absolute atomic E-state index is 12.9. The molecule has 232 valence electrons. The Bertz CT molecular complexity index is 973. The molecule has 6 fully saturated rings. The number of ether oxygens (including phenoxy) is 2. The number of hydrogen-bond donors (Lipinski definition) is 0. The van der Waals surface area contributed by atoms with Crippen LogP contribution in [0, 0.1) is 34.5 Å². The third-order valence-corrected chi connectivity index (χ3v) is 14.0. The van der Waals surface area contributed by atoms with Gasteiger partial charge in [0.15, 0.2) is 6.10 Å². The second-order valence-corrected chi connectivity index (χ2v) is 16.0. The first kappa shape index (κ1) is 29.9. The molecule has 0 N–H and O–H groups in total. The molecule has 41 heavy (non-hydrogen) atoms. The summed E-state index contributed by atoms with van der Waals surface area (Å²) in [5.74, 6) is 2.59. The van der Waals surface area contributed by atoms with E-state index in [0.717, 1.165) is 29.9 Å². The molecular weight excluding hydrogens is 512 g/mol. The molecule has 0 spiro atoms. The molecule has 6 heteroatoms. The number of nitrogens with zero attached hydrogens (tertiary/aromatic N) is 2. The van der Waals surface area contributed by atoms with Crippen molar-refractivity contribution < 1.29 is 23.5 Å². The summed E-state index contributed by atoms with van der Waals surface area (Å²) in [6.07, 6.45) is 16.8. The summed E-state index contributed by atoms with van der Waals surface area (Å²) in [5, 5.41) is 0. The highest BCUT2D eigenvalue weighted by atomic mass is 16.5. The molecule has 6 rings (SSSR count). The van der Waals surface area contributed by atoms with Gasteiger partial charge in [0, 0.05) is 31.2 Å².